The minimum atomic E-state index is 0.156. The van der Waals surface area contributed by atoms with Crippen LogP contribution < -0.4 is 5.32 Å². The van der Waals surface area contributed by atoms with E-state index in [1.807, 2.05) is 4.68 Å². The molecule has 0 aliphatic heterocycles. The first-order chi connectivity index (χ1) is 9.28. The predicted molar refractivity (Wildman–Crippen MR) is 75.9 cm³/mol. The van der Waals surface area contributed by atoms with Crippen molar-refractivity contribution in [3.63, 3.8) is 0 Å². The van der Waals surface area contributed by atoms with Crippen LogP contribution in [0.5, 0.6) is 0 Å². The Hall–Kier alpha value is -1.39. The lowest BCUT2D eigenvalue weighted by molar-refractivity contribution is 0.207. The molecule has 19 heavy (non-hydrogen) atoms. The largest absolute Gasteiger partial charge is 0.396 e. The topological polar surface area (TPSA) is 50.1 Å². The maximum Gasteiger partial charge on any atom is 0.0841 e. The number of fused-ring (bicyclic) bond motifs is 1. The molecule has 4 nitrogen and oxygen atoms in total. The van der Waals surface area contributed by atoms with Gasteiger partial charge in [-0.2, -0.15) is 5.10 Å². The molecule has 2 N–H and O–H groups in total. The van der Waals surface area contributed by atoms with Crippen molar-refractivity contribution >= 4 is 10.9 Å². The number of para-hydroxylation sites is 1. The third-order valence-electron chi connectivity index (χ3n) is 4.12. The molecule has 2 aromatic rings. The summed E-state index contributed by atoms with van der Waals surface area (Å²) in [5.41, 5.74) is 2.46. The van der Waals surface area contributed by atoms with E-state index in [1.54, 1.807) is 0 Å². The number of nitrogens with zero attached hydrogens (tertiary/aromatic N) is 2. The van der Waals surface area contributed by atoms with Crippen molar-refractivity contribution < 1.29 is 5.11 Å². The summed E-state index contributed by atoms with van der Waals surface area (Å²) in [5.74, 6) is 0. The average molecular weight is 259 g/mol. The van der Waals surface area contributed by atoms with E-state index in [2.05, 4.69) is 41.6 Å². The monoisotopic (exact) mass is 259 g/mol. The Kier molecular flexibility index (Phi) is 3.29. The van der Waals surface area contributed by atoms with Gasteiger partial charge in [0.05, 0.1) is 11.2 Å². The summed E-state index contributed by atoms with van der Waals surface area (Å²) in [6.07, 6.45) is 2.28. The third-order valence-corrected chi connectivity index (χ3v) is 4.12. The number of aromatic nitrogens is 2. The van der Waals surface area contributed by atoms with Gasteiger partial charge in [0.25, 0.3) is 0 Å². The molecule has 1 aliphatic rings. The molecule has 1 aromatic heterocycles. The number of rotatable bonds is 6. The summed E-state index contributed by atoms with van der Waals surface area (Å²) < 4.78 is 2.05. The zero-order valence-corrected chi connectivity index (χ0v) is 11.4. The summed E-state index contributed by atoms with van der Waals surface area (Å²) in [6, 6.07) is 8.36. The molecule has 0 saturated heterocycles. The molecule has 3 rings (SSSR count). The molecule has 1 aliphatic carbocycles. The molecule has 4 heteroatoms. The highest BCUT2D eigenvalue weighted by atomic mass is 16.3. The molecular weight excluding hydrogens is 238 g/mol. The summed E-state index contributed by atoms with van der Waals surface area (Å²) in [7, 11) is 0. The molecule has 0 bridgehead atoms. The molecule has 1 fully saturated rings. The van der Waals surface area contributed by atoms with E-state index in [0.717, 1.165) is 38.2 Å². The predicted octanol–water partition coefficient (Wildman–Crippen LogP) is 1.92. The summed E-state index contributed by atoms with van der Waals surface area (Å²) >= 11 is 0. The normalized spacial score (nSPS) is 16.9. The van der Waals surface area contributed by atoms with Gasteiger partial charge in [-0.3, -0.25) is 4.68 Å². The van der Waals surface area contributed by atoms with Gasteiger partial charge in [0.15, 0.2) is 0 Å². The number of hydrogen-bond acceptors (Lipinski definition) is 3. The van der Waals surface area contributed by atoms with Crippen molar-refractivity contribution in [3.8, 4) is 0 Å². The van der Waals surface area contributed by atoms with Crippen LogP contribution in [0.3, 0.4) is 0 Å². The molecule has 1 saturated carbocycles. The highest BCUT2D eigenvalue weighted by Gasteiger charge is 2.41. The standard InChI is InChI=1S/C15H21N3O/c1-2-18-14-6-4-3-5-12(14)13(17-18)9-16-10-15(11-19)7-8-15/h3-6,16,19H,2,7-11H2,1H3. The summed E-state index contributed by atoms with van der Waals surface area (Å²) in [6.45, 7) is 4.96. The van der Waals surface area contributed by atoms with Gasteiger partial charge in [0.2, 0.25) is 0 Å². The van der Waals surface area contributed by atoms with Crippen LogP contribution in [0.4, 0.5) is 0 Å². The molecule has 1 aromatic carbocycles. The van der Waals surface area contributed by atoms with Gasteiger partial charge >= 0.3 is 0 Å². The third kappa shape index (κ3) is 2.38. The fourth-order valence-corrected chi connectivity index (χ4v) is 2.58. The minimum absolute atomic E-state index is 0.156. The van der Waals surface area contributed by atoms with Gasteiger partial charge in [0.1, 0.15) is 0 Å². The highest BCUT2D eigenvalue weighted by Crippen LogP contribution is 2.44. The Morgan fingerprint density at radius 3 is 2.84 bits per heavy atom. The number of benzene rings is 1. The molecule has 102 valence electrons. The van der Waals surface area contributed by atoms with Crippen LogP contribution in [-0.2, 0) is 13.1 Å². The number of aryl methyl sites for hydroxylation is 1. The molecular formula is C15H21N3O. The average Bonchev–Trinajstić information content (AvgIpc) is 3.15. The Balaban J connectivity index is 1.74. The fourth-order valence-electron chi connectivity index (χ4n) is 2.58. The second kappa shape index (κ2) is 4.94. The van der Waals surface area contributed by atoms with Crippen molar-refractivity contribution in [1.29, 1.82) is 0 Å². The lowest BCUT2D eigenvalue weighted by atomic mass is 10.1. The molecule has 0 radical (unpaired) electrons. The van der Waals surface area contributed by atoms with Gasteiger partial charge in [-0.05, 0) is 25.8 Å². The van der Waals surface area contributed by atoms with E-state index >= 15 is 0 Å². The summed E-state index contributed by atoms with van der Waals surface area (Å²) in [5, 5.41) is 18.6. The van der Waals surface area contributed by atoms with Crippen molar-refractivity contribution in [2.24, 2.45) is 5.41 Å². The van der Waals surface area contributed by atoms with Crippen LogP contribution >= 0.6 is 0 Å². The maximum atomic E-state index is 9.31. The van der Waals surface area contributed by atoms with Crippen molar-refractivity contribution in [2.45, 2.75) is 32.9 Å². The molecule has 0 unspecified atom stereocenters. The number of nitrogens with one attached hydrogen (secondary N) is 1. The van der Waals surface area contributed by atoms with Gasteiger partial charge in [-0.1, -0.05) is 18.2 Å². The van der Waals surface area contributed by atoms with E-state index in [1.165, 1.54) is 10.9 Å². The van der Waals surface area contributed by atoms with E-state index in [4.69, 9.17) is 0 Å². The van der Waals surface area contributed by atoms with Crippen LogP contribution in [0.25, 0.3) is 10.9 Å². The Morgan fingerprint density at radius 2 is 2.16 bits per heavy atom. The lowest BCUT2D eigenvalue weighted by Gasteiger charge is -2.11. The smallest absolute Gasteiger partial charge is 0.0841 e. The van der Waals surface area contributed by atoms with Crippen molar-refractivity contribution in [2.75, 3.05) is 13.2 Å². The first-order valence-corrected chi connectivity index (χ1v) is 7.04. The van der Waals surface area contributed by atoms with Crippen molar-refractivity contribution in [3.05, 3.63) is 30.0 Å². The second-order valence-corrected chi connectivity index (χ2v) is 5.54. The molecule has 0 amide bonds. The number of hydrogen-bond donors (Lipinski definition) is 2. The van der Waals surface area contributed by atoms with Gasteiger partial charge in [-0.25, -0.2) is 0 Å². The number of aliphatic hydroxyl groups is 1. The van der Waals surface area contributed by atoms with E-state index < -0.39 is 0 Å². The Bertz CT molecular complexity index is 572. The van der Waals surface area contributed by atoms with Crippen LogP contribution in [0.15, 0.2) is 24.3 Å². The Labute approximate surface area is 113 Å². The lowest BCUT2D eigenvalue weighted by Crippen LogP contribution is -2.26. The first-order valence-electron chi connectivity index (χ1n) is 7.04. The van der Waals surface area contributed by atoms with E-state index in [-0.39, 0.29) is 5.41 Å². The quantitative estimate of drug-likeness (QED) is 0.833. The van der Waals surface area contributed by atoms with Crippen LogP contribution in [-0.4, -0.2) is 28.0 Å². The SMILES string of the molecule is CCn1nc(CNCC2(CO)CC2)c2ccccc21. The molecule has 0 atom stereocenters. The van der Waals surface area contributed by atoms with E-state index in [0.29, 0.717) is 6.61 Å². The van der Waals surface area contributed by atoms with Gasteiger partial charge < -0.3 is 10.4 Å². The highest BCUT2D eigenvalue weighted by molar-refractivity contribution is 5.81. The van der Waals surface area contributed by atoms with E-state index in [9.17, 15) is 5.11 Å². The van der Waals surface area contributed by atoms with Crippen LogP contribution in [0.1, 0.15) is 25.5 Å². The molecule has 0 spiro atoms. The van der Waals surface area contributed by atoms with Crippen LogP contribution in [0.2, 0.25) is 0 Å². The van der Waals surface area contributed by atoms with Gasteiger partial charge in [0, 0.05) is 37.0 Å². The molecule has 1 heterocycles. The van der Waals surface area contributed by atoms with Gasteiger partial charge in [-0.15, -0.1) is 0 Å². The maximum absolute atomic E-state index is 9.31. The second-order valence-electron chi connectivity index (χ2n) is 5.54. The Morgan fingerprint density at radius 1 is 1.37 bits per heavy atom. The zero-order valence-electron chi connectivity index (χ0n) is 11.4. The number of aliphatic hydroxyl groups excluding tert-OH is 1. The summed E-state index contributed by atoms with van der Waals surface area (Å²) in [4.78, 5) is 0. The van der Waals surface area contributed by atoms with Crippen molar-refractivity contribution in [1.82, 2.24) is 15.1 Å². The fraction of sp³-hybridized carbons (Fsp3) is 0.533. The zero-order chi connectivity index (χ0) is 13.3. The minimum Gasteiger partial charge on any atom is -0.396 e. The first kappa shape index (κ1) is 12.6. The van der Waals surface area contributed by atoms with Crippen LogP contribution in [0, 0.1) is 5.41 Å².